The number of piperazine rings is 1. The molecule has 3 heterocycles. The molecule has 0 bridgehead atoms. The Balaban J connectivity index is 1.44. The summed E-state index contributed by atoms with van der Waals surface area (Å²) in [6.07, 6.45) is 2.04. The monoisotopic (exact) mass is 432 g/mol. The lowest BCUT2D eigenvalue weighted by atomic mass is 9.83. The minimum atomic E-state index is -0.383. The number of carbonyl (C=O) groups excluding carboxylic acids is 1. The van der Waals surface area contributed by atoms with Crippen LogP contribution >= 0.6 is 0 Å². The normalized spacial score (nSPS) is 19.8. The molecule has 1 fully saturated rings. The van der Waals surface area contributed by atoms with Crippen molar-refractivity contribution in [1.29, 1.82) is 0 Å². The van der Waals surface area contributed by atoms with Crippen LogP contribution < -0.4 is 15.1 Å². The van der Waals surface area contributed by atoms with Gasteiger partial charge in [-0.25, -0.2) is 0 Å². The second-order valence-corrected chi connectivity index (χ2v) is 8.22. The van der Waals surface area contributed by atoms with Crippen molar-refractivity contribution >= 4 is 23.0 Å². The highest BCUT2D eigenvalue weighted by molar-refractivity contribution is 5.82. The number of nitrogens with zero attached hydrogens (tertiary/aromatic N) is 3. The number of amides is 1. The molecule has 2 unspecified atom stereocenters. The molecule has 0 radical (unpaired) electrons. The Kier molecular flexibility index (Phi) is 5.26. The van der Waals surface area contributed by atoms with E-state index in [1.807, 2.05) is 30.3 Å². The van der Waals surface area contributed by atoms with Crippen LogP contribution in [0.25, 0.3) is 0 Å². The third-order valence-corrected chi connectivity index (χ3v) is 6.38. The predicted octanol–water partition coefficient (Wildman–Crippen LogP) is 3.37. The number of carbonyl (C=O) groups is 1. The molecule has 1 saturated heterocycles. The number of non-ortho nitro benzene ring substituents is 1. The van der Waals surface area contributed by atoms with Gasteiger partial charge in [0.25, 0.3) is 5.69 Å². The summed E-state index contributed by atoms with van der Waals surface area (Å²) < 4.78 is 5.34. The number of benzene rings is 2. The second kappa shape index (κ2) is 8.37. The molecule has 5 rings (SSSR count). The van der Waals surface area contributed by atoms with E-state index in [4.69, 9.17) is 4.42 Å². The summed E-state index contributed by atoms with van der Waals surface area (Å²) >= 11 is 0. The molecule has 1 N–H and O–H groups in total. The molecule has 0 saturated carbocycles. The first kappa shape index (κ1) is 20.1. The van der Waals surface area contributed by atoms with Crippen LogP contribution in [0, 0.1) is 16.0 Å². The molecule has 164 valence electrons. The van der Waals surface area contributed by atoms with Crippen molar-refractivity contribution in [3.8, 4) is 0 Å². The van der Waals surface area contributed by atoms with Crippen molar-refractivity contribution in [3.05, 3.63) is 88.4 Å². The Morgan fingerprint density at radius 2 is 1.97 bits per heavy atom. The maximum Gasteiger partial charge on any atom is 0.269 e. The molecule has 32 heavy (non-hydrogen) atoms. The summed E-state index contributed by atoms with van der Waals surface area (Å²) in [5.41, 5.74) is 3.03. The van der Waals surface area contributed by atoms with Gasteiger partial charge in [-0.1, -0.05) is 18.2 Å². The zero-order valence-corrected chi connectivity index (χ0v) is 17.5. The van der Waals surface area contributed by atoms with Gasteiger partial charge < -0.3 is 19.5 Å². The highest BCUT2D eigenvalue weighted by atomic mass is 16.6. The maximum atomic E-state index is 13.3. The van der Waals surface area contributed by atoms with Gasteiger partial charge in [0.15, 0.2) is 0 Å². The van der Waals surface area contributed by atoms with Crippen LogP contribution in [0.3, 0.4) is 0 Å². The number of furan rings is 1. The molecule has 0 spiro atoms. The molecular formula is C24H24N4O4. The lowest BCUT2D eigenvalue weighted by Crippen LogP contribution is -2.61. The number of nitrogens with one attached hydrogen (secondary N) is 1. The van der Waals surface area contributed by atoms with Gasteiger partial charge in [0.2, 0.25) is 5.91 Å². The summed E-state index contributed by atoms with van der Waals surface area (Å²) in [5, 5.41) is 14.3. The summed E-state index contributed by atoms with van der Waals surface area (Å²) in [5.74, 6) is 0.297. The molecule has 2 aliphatic heterocycles. The lowest BCUT2D eigenvalue weighted by Gasteiger charge is -2.49. The molecule has 2 aliphatic rings. The Morgan fingerprint density at radius 3 is 2.72 bits per heavy atom. The minimum absolute atomic E-state index is 0.0329. The van der Waals surface area contributed by atoms with Gasteiger partial charge in [0.1, 0.15) is 5.76 Å². The van der Waals surface area contributed by atoms with Gasteiger partial charge in [0, 0.05) is 43.1 Å². The van der Waals surface area contributed by atoms with Crippen molar-refractivity contribution in [3.63, 3.8) is 0 Å². The fourth-order valence-electron chi connectivity index (χ4n) is 4.81. The van der Waals surface area contributed by atoms with Crippen molar-refractivity contribution in [1.82, 2.24) is 5.32 Å². The molecule has 1 aromatic heterocycles. The van der Waals surface area contributed by atoms with Crippen LogP contribution in [0.4, 0.5) is 17.1 Å². The van der Waals surface area contributed by atoms with E-state index in [1.54, 1.807) is 24.5 Å². The largest absolute Gasteiger partial charge is 0.467 e. The van der Waals surface area contributed by atoms with E-state index in [9.17, 15) is 14.9 Å². The second-order valence-electron chi connectivity index (χ2n) is 8.22. The quantitative estimate of drug-likeness (QED) is 0.491. The number of anilines is 2. The number of hydrogen-bond donors (Lipinski definition) is 1. The lowest BCUT2D eigenvalue weighted by molar-refractivity contribution is -0.384. The van der Waals surface area contributed by atoms with E-state index in [0.29, 0.717) is 25.3 Å². The van der Waals surface area contributed by atoms with Gasteiger partial charge in [-0.05, 0) is 42.3 Å². The van der Waals surface area contributed by atoms with Gasteiger partial charge in [-0.3, -0.25) is 14.9 Å². The summed E-state index contributed by atoms with van der Waals surface area (Å²) in [6.45, 7) is 2.59. The van der Waals surface area contributed by atoms with E-state index in [2.05, 4.69) is 27.2 Å². The molecule has 1 amide bonds. The number of nitro groups is 1. The van der Waals surface area contributed by atoms with E-state index < -0.39 is 0 Å². The van der Waals surface area contributed by atoms with E-state index in [1.165, 1.54) is 0 Å². The summed E-state index contributed by atoms with van der Waals surface area (Å²) in [7, 11) is 0. The number of hydrogen-bond acceptors (Lipinski definition) is 6. The Morgan fingerprint density at radius 1 is 1.12 bits per heavy atom. The summed E-state index contributed by atoms with van der Waals surface area (Å²) in [6, 6.07) is 18.8. The minimum Gasteiger partial charge on any atom is -0.467 e. The molecule has 8 heteroatoms. The first-order chi connectivity index (χ1) is 15.6. The molecule has 0 aliphatic carbocycles. The third kappa shape index (κ3) is 3.79. The number of rotatable bonds is 5. The topological polar surface area (TPSA) is 91.9 Å². The van der Waals surface area contributed by atoms with E-state index in [-0.39, 0.29) is 28.5 Å². The Hall–Kier alpha value is -3.81. The third-order valence-electron chi connectivity index (χ3n) is 6.38. The molecule has 2 atom stereocenters. The average Bonchev–Trinajstić information content (AvgIpc) is 3.35. The smallest absolute Gasteiger partial charge is 0.269 e. The standard InChI is InChI=1S/C24H24N4O4/c29-24(25-15-20-7-4-12-32-20)21-14-17-13-19(28(30)31)8-9-22(17)27-11-10-26(16-23(21)27)18-5-2-1-3-6-18/h1-9,12-13,21,23H,10-11,14-16H2,(H,25,29). The highest BCUT2D eigenvalue weighted by Crippen LogP contribution is 2.38. The number of fused-ring (bicyclic) bond motifs is 3. The molecule has 8 nitrogen and oxygen atoms in total. The van der Waals surface area contributed by atoms with Crippen LogP contribution in [0.5, 0.6) is 0 Å². The Bertz CT molecular complexity index is 1120. The van der Waals surface area contributed by atoms with Crippen molar-refractivity contribution < 1.29 is 14.1 Å². The number of nitro benzene ring substituents is 1. The van der Waals surface area contributed by atoms with Crippen LogP contribution in [-0.2, 0) is 17.8 Å². The van der Waals surface area contributed by atoms with Gasteiger partial charge >= 0.3 is 0 Å². The predicted molar refractivity (Wildman–Crippen MR) is 121 cm³/mol. The fourth-order valence-corrected chi connectivity index (χ4v) is 4.81. The van der Waals surface area contributed by atoms with Gasteiger partial charge in [-0.15, -0.1) is 0 Å². The first-order valence-corrected chi connectivity index (χ1v) is 10.7. The van der Waals surface area contributed by atoms with Crippen molar-refractivity contribution in [2.24, 2.45) is 5.92 Å². The summed E-state index contributed by atoms with van der Waals surface area (Å²) in [4.78, 5) is 28.8. The van der Waals surface area contributed by atoms with Crippen LogP contribution in [0.2, 0.25) is 0 Å². The zero-order valence-electron chi connectivity index (χ0n) is 17.5. The zero-order chi connectivity index (χ0) is 22.1. The maximum absolute atomic E-state index is 13.3. The number of para-hydroxylation sites is 1. The highest BCUT2D eigenvalue weighted by Gasteiger charge is 2.42. The average molecular weight is 432 g/mol. The Labute approximate surface area is 185 Å². The van der Waals surface area contributed by atoms with Crippen LogP contribution in [0.15, 0.2) is 71.3 Å². The van der Waals surface area contributed by atoms with Gasteiger partial charge in [0.05, 0.1) is 29.7 Å². The van der Waals surface area contributed by atoms with E-state index in [0.717, 1.165) is 30.0 Å². The van der Waals surface area contributed by atoms with Crippen LogP contribution in [-0.4, -0.2) is 36.5 Å². The van der Waals surface area contributed by atoms with Crippen LogP contribution in [0.1, 0.15) is 11.3 Å². The van der Waals surface area contributed by atoms with E-state index >= 15 is 0 Å². The SMILES string of the molecule is O=C(NCc1ccco1)C1Cc2cc([N+](=O)[O-])ccc2N2CCN(c3ccccc3)CC12. The van der Waals surface area contributed by atoms with Gasteiger partial charge in [-0.2, -0.15) is 0 Å². The van der Waals surface area contributed by atoms with Crippen molar-refractivity contribution in [2.45, 2.75) is 19.0 Å². The fraction of sp³-hybridized carbons (Fsp3) is 0.292. The molecule has 2 aromatic carbocycles. The molecule has 3 aromatic rings. The molecular weight excluding hydrogens is 408 g/mol. The van der Waals surface area contributed by atoms with Crippen molar-refractivity contribution in [2.75, 3.05) is 29.4 Å². The first-order valence-electron chi connectivity index (χ1n) is 10.7.